The number of fused-ring (bicyclic) bond motifs is 1. The van der Waals surface area contributed by atoms with Gasteiger partial charge in [0.1, 0.15) is 126 Å². The van der Waals surface area contributed by atoms with E-state index in [1.54, 1.807) is 0 Å². The van der Waals surface area contributed by atoms with E-state index in [2.05, 4.69) is 0 Å². The maximum atomic E-state index is 13.6. The Morgan fingerprint density at radius 3 is 1.92 bits per heavy atom. The topological polar surface area (TPSA) is 366 Å². The Labute approximate surface area is 360 Å². The molecule has 64 heavy (non-hydrogen) atoms. The van der Waals surface area contributed by atoms with Crippen LogP contribution in [0, 0.1) is 0 Å². The Morgan fingerprint density at radius 2 is 1.27 bits per heavy atom. The van der Waals surface area contributed by atoms with Crippen LogP contribution in [-0.2, 0) is 28.5 Å². The van der Waals surface area contributed by atoms with Gasteiger partial charge < -0.3 is 99.2 Å². The summed E-state index contributed by atoms with van der Waals surface area (Å²) >= 11 is 0. The molecule has 3 aromatic carbocycles. The van der Waals surface area contributed by atoms with E-state index in [1.165, 1.54) is 54.6 Å². The first-order chi connectivity index (χ1) is 30.5. The Kier molecular flexibility index (Phi) is 14.2. The van der Waals surface area contributed by atoms with Crippen LogP contribution < -0.4 is 10.2 Å². The molecule has 0 aliphatic carbocycles. The quantitative estimate of drug-likeness (QED) is 0.0510. The number of phenolic OH excluding ortho intramolecular Hbond substituents is 3. The Morgan fingerprint density at radius 1 is 0.672 bits per heavy atom. The second kappa shape index (κ2) is 19.4. The van der Waals surface area contributed by atoms with Crippen molar-refractivity contribution >= 4 is 23.0 Å². The summed E-state index contributed by atoms with van der Waals surface area (Å²) in [5.74, 6) is -2.63. The standard InChI is InChI=1S/C42H46O22/c43-13-24-31(50)36(55)40(64-42-38(57)35(54)32(51)26(63-42)15-58-27(48)10-3-16-1-6-18(45)7-2-16)39(61-24)29-21(47)12-23-28(33(29)52)20(46)11-22(60-23)17-4-8-19(9-5-17)59-41-37(56)34(53)30(49)25(14-44)62-41/h1-12,24-26,30-32,34-45,47,49-57H,13-15H2/b10-3+. The number of carbonyl (C=O) groups excluding carboxylic acids is 1. The number of benzene rings is 3. The van der Waals surface area contributed by atoms with Gasteiger partial charge in [0.25, 0.3) is 0 Å². The van der Waals surface area contributed by atoms with E-state index in [-0.39, 0.29) is 28.4 Å². The molecule has 3 saturated heterocycles. The number of ether oxygens (including phenoxy) is 6. The van der Waals surface area contributed by atoms with Crippen molar-refractivity contribution in [2.24, 2.45) is 0 Å². The molecule has 4 aromatic rings. The summed E-state index contributed by atoms with van der Waals surface area (Å²) < 4.78 is 39.3. The molecule has 4 heterocycles. The number of aromatic hydroxyl groups is 3. The fourth-order valence-electron chi connectivity index (χ4n) is 7.48. The molecule has 22 heteroatoms. The van der Waals surface area contributed by atoms with Crippen molar-refractivity contribution in [2.75, 3.05) is 19.8 Å². The normalized spacial score (nSPS) is 33.3. The number of hydrogen-bond donors (Lipinski definition) is 13. The monoisotopic (exact) mass is 902 g/mol. The summed E-state index contributed by atoms with van der Waals surface area (Å²) in [6, 6.07) is 13.4. The highest BCUT2D eigenvalue weighted by Crippen LogP contribution is 2.46. The predicted molar refractivity (Wildman–Crippen MR) is 212 cm³/mol. The molecule has 3 aliphatic heterocycles. The maximum absolute atomic E-state index is 13.6. The molecule has 7 rings (SSSR count). The number of hydrogen-bond acceptors (Lipinski definition) is 22. The zero-order valence-corrected chi connectivity index (χ0v) is 33.2. The number of aliphatic hydroxyl groups is 10. The van der Waals surface area contributed by atoms with E-state index >= 15 is 0 Å². The van der Waals surface area contributed by atoms with Crippen LogP contribution in [0.15, 0.2) is 76.0 Å². The van der Waals surface area contributed by atoms with Crippen molar-refractivity contribution in [1.82, 2.24) is 0 Å². The average Bonchev–Trinajstić information content (AvgIpc) is 3.28. The number of esters is 1. The first kappa shape index (κ1) is 46.7. The summed E-state index contributed by atoms with van der Waals surface area (Å²) in [7, 11) is 0. The molecule has 3 fully saturated rings. The molecule has 22 nitrogen and oxygen atoms in total. The van der Waals surface area contributed by atoms with Gasteiger partial charge in [-0.25, -0.2) is 4.79 Å². The van der Waals surface area contributed by atoms with Gasteiger partial charge in [0.15, 0.2) is 11.7 Å². The minimum absolute atomic E-state index is 0.00472. The Bertz CT molecular complexity index is 2330. The van der Waals surface area contributed by atoms with E-state index in [0.29, 0.717) is 5.56 Å². The second-order valence-corrected chi connectivity index (χ2v) is 15.3. The van der Waals surface area contributed by atoms with Crippen LogP contribution in [0.1, 0.15) is 17.2 Å². The van der Waals surface area contributed by atoms with Gasteiger partial charge in [-0.15, -0.1) is 0 Å². The van der Waals surface area contributed by atoms with Crippen molar-refractivity contribution in [3.63, 3.8) is 0 Å². The van der Waals surface area contributed by atoms with Gasteiger partial charge in [-0.05, 0) is 48.0 Å². The third-order valence-corrected chi connectivity index (χ3v) is 11.1. The fourth-order valence-corrected chi connectivity index (χ4v) is 7.48. The lowest BCUT2D eigenvalue weighted by molar-refractivity contribution is -0.342. The number of carbonyl (C=O) groups is 1. The van der Waals surface area contributed by atoms with Crippen molar-refractivity contribution < 1.29 is 104 Å². The molecule has 0 spiro atoms. The Hall–Kier alpha value is -5.28. The lowest BCUT2D eigenvalue weighted by Gasteiger charge is -2.46. The minimum atomic E-state index is -2.06. The van der Waals surface area contributed by atoms with Gasteiger partial charge in [-0.1, -0.05) is 12.1 Å². The van der Waals surface area contributed by atoms with Crippen LogP contribution >= 0.6 is 0 Å². The molecular formula is C42H46O22. The lowest BCUT2D eigenvalue weighted by Crippen LogP contribution is -2.63. The van der Waals surface area contributed by atoms with Crippen molar-refractivity contribution in [2.45, 2.75) is 91.9 Å². The largest absolute Gasteiger partial charge is 0.508 e. The molecule has 13 N–H and O–H groups in total. The van der Waals surface area contributed by atoms with Gasteiger partial charge in [0.2, 0.25) is 6.29 Å². The summed E-state index contributed by atoms with van der Waals surface area (Å²) in [6.07, 6.45) is -24.0. The molecular weight excluding hydrogens is 856 g/mol. The number of phenols is 3. The van der Waals surface area contributed by atoms with E-state index < -0.39 is 146 Å². The summed E-state index contributed by atoms with van der Waals surface area (Å²) in [5.41, 5.74) is -1.01. The van der Waals surface area contributed by atoms with Crippen LogP contribution in [0.5, 0.6) is 23.0 Å². The summed E-state index contributed by atoms with van der Waals surface area (Å²) in [5, 5.41) is 136. The summed E-state index contributed by atoms with van der Waals surface area (Å²) in [6.45, 7) is -2.28. The number of rotatable bonds is 12. The average molecular weight is 903 g/mol. The predicted octanol–water partition coefficient (Wildman–Crippen LogP) is -2.64. The van der Waals surface area contributed by atoms with Crippen LogP contribution in [0.3, 0.4) is 0 Å². The first-order valence-corrected chi connectivity index (χ1v) is 19.7. The molecule has 0 bridgehead atoms. The molecule has 0 amide bonds. The SMILES string of the molecule is O=C(/C=C/c1ccc(O)cc1)OCC1OC(OC2C(c3c(O)cc4oc(-c5ccc(OC6OC(CO)C(O)C(O)C6O)cc5)cc(=O)c4c3O)OC(CO)C(O)C2O)C(O)C(O)C1O. The van der Waals surface area contributed by atoms with Crippen molar-refractivity contribution in [1.29, 1.82) is 0 Å². The molecule has 0 saturated carbocycles. The van der Waals surface area contributed by atoms with Gasteiger partial charge in [0.05, 0.1) is 18.8 Å². The Balaban J connectivity index is 1.12. The number of aliphatic hydroxyl groups excluding tert-OH is 10. The molecule has 15 unspecified atom stereocenters. The summed E-state index contributed by atoms with van der Waals surface area (Å²) in [4.78, 5) is 26.1. The van der Waals surface area contributed by atoms with E-state index in [1.807, 2.05) is 0 Å². The minimum Gasteiger partial charge on any atom is -0.508 e. The van der Waals surface area contributed by atoms with Crippen LogP contribution in [0.4, 0.5) is 0 Å². The van der Waals surface area contributed by atoms with Gasteiger partial charge in [-0.3, -0.25) is 4.79 Å². The molecule has 1 aromatic heterocycles. The third kappa shape index (κ3) is 9.42. The zero-order chi connectivity index (χ0) is 46.1. The van der Waals surface area contributed by atoms with E-state index in [0.717, 1.165) is 18.2 Å². The van der Waals surface area contributed by atoms with Crippen molar-refractivity contribution in [3.05, 3.63) is 88.1 Å². The van der Waals surface area contributed by atoms with E-state index in [4.69, 9.17) is 32.8 Å². The van der Waals surface area contributed by atoms with Crippen LogP contribution in [0.25, 0.3) is 28.4 Å². The van der Waals surface area contributed by atoms with Gasteiger partial charge in [0, 0.05) is 23.8 Å². The highest BCUT2D eigenvalue weighted by Gasteiger charge is 2.52. The van der Waals surface area contributed by atoms with Crippen molar-refractivity contribution in [3.8, 4) is 34.3 Å². The van der Waals surface area contributed by atoms with Gasteiger partial charge >= 0.3 is 5.97 Å². The third-order valence-electron chi connectivity index (χ3n) is 11.1. The molecule has 15 atom stereocenters. The maximum Gasteiger partial charge on any atom is 0.330 e. The molecule has 3 aliphatic rings. The first-order valence-electron chi connectivity index (χ1n) is 19.7. The highest BCUT2D eigenvalue weighted by atomic mass is 16.7. The smallest absolute Gasteiger partial charge is 0.330 e. The lowest BCUT2D eigenvalue weighted by atomic mass is 9.89. The van der Waals surface area contributed by atoms with Crippen LogP contribution in [0.2, 0.25) is 0 Å². The van der Waals surface area contributed by atoms with Gasteiger partial charge in [-0.2, -0.15) is 0 Å². The van der Waals surface area contributed by atoms with Crippen LogP contribution in [-0.4, -0.2) is 178 Å². The second-order valence-electron chi connectivity index (χ2n) is 15.3. The highest BCUT2D eigenvalue weighted by molar-refractivity contribution is 5.88. The molecule has 346 valence electrons. The van der Waals surface area contributed by atoms with E-state index in [9.17, 15) is 76.0 Å². The molecule has 0 radical (unpaired) electrons. The fraction of sp³-hybridized carbons (Fsp3) is 0.429. The zero-order valence-electron chi connectivity index (χ0n) is 33.2.